The third-order valence-corrected chi connectivity index (χ3v) is 12.3. The molecular formula is C54H34N4O. The number of nitrogens with zero attached hydrogens (tertiary/aromatic N) is 4. The molecule has 12 aromatic rings. The highest BCUT2D eigenvalue weighted by Crippen LogP contribution is 2.45. The van der Waals surface area contributed by atoms with Gasteiger partial charge in [-0.15, -0.1) is 0 Å². The molecule has 5 nitrogen and oxygen atoms in total. The van der Waals surface area contributed by atoms with Crippen LogP contribution in [0.5, 0.6) is 0 Å². The largest absolute Gasteiger partial charge is 0.452 e. The van der Waals surface area contributed by atoms with E-state index < -0.39 is 0 Å². The molecule has 0 N–H and O–H groups in total. The lowest BCUT2D eigenvalue weighted by atomic mass is 10.0. The predicted molar refractivity (Wildman–Crippen MR) is 246 cm³/mol. The fraction of sp³-hybridized carbons (Fsp3) is 0.0185. The molecule has 0 saturated heterocycles. The second-order valence-electron chi connectivity index (χ2n) is 15.5. The van der Waals surface area contributed by atoms with Gasteiger partial charge in [0.1, 0.15) is 11.3 Å². The zero-order valence-electron chi connectivity index (χ0n) is 31.9. The quantitative estimate of drug-likeness (QED) is 0.176. The molecule has 0 bridgehead atoms. The number of allylic oxidation sites excluding steroid dienone is 1. The third kappa shape index (κ3) is 4.64. The van der Waals surface area contributed by atoms with Crippen molar-refractivity contribution < 1.29 is 4.42 Å². The maximum atomic E-state index is 6.84. The van der Waals surface area contributed by atoms with Crippen molar-refractivity contribution in [1.29, 1.82) is 0 Å². The Kier molecular flexibility index (Phi) is 6.72. The van der Waals surface area contributed by atoms with Crippen LogP contribution in [-0.4, -0.2) is 19.9 Å². The lowest BCUT2D eigenvalue weighted by Gasteiger charge is -2.11. The van der Waals surface area contributed by atoms with Gasteiger partial charge < -0.3 is 18.1 Å². The number of rotatable bonds is 4. The number of benzene rings is 8. The normalized spacial score (nSPS) is 13.1. The molecule has 0 radical (unpaired) electrons. The summed E-state index contributed by atoms with van der Waals surface area (Å²) in [6.45, 7) is 0. The Labute approximate surface area is 338 Å². The molecule has 0 aliphatic carbocycles. The van der Waals surface area contributed by atoms with Crippen LogP contribution in [0.4, 0.5) is 5.69 Å². The van der Waals surface area contributed by atoms with Crippen LogP contribution in [0, 0.1) is 0 Å². The molecule has 0 unspecified atom stereocenters. The molecular weight excluding hydrogens is 721 g/mol. The number of fused-ring (bicyclic) bond motifs is 12. The van der Waals surface area contributed by atoms with E-state index in [1.165, 1.54) is 65.5 Å². The van der Waals surface area contributed by atoms with Gasteiger partial charge in [0.05, 0.1) is 38.8 Å². The highest BCUT2D eigenvalue weighted by atomic mass is 16.3. The van der Waals surface area contributed by atoms with Crippen LogP contribution in [0.15, 0.2) is 197 Å². The number of para-hydroxylation sites is 5. The maximum absolute atomic E-state index is 6.84. The molecule has 0 saturated carbocycles. The highest BCUT2D eigenvalue weighted by Gasteiger charge is 2.25. The first-order chi connectivity index (χ1) is 29.3. The Hall–Kier alpha value is -7.89. The van der Waals surface area contributed by atoms with Crippen LogP contribution >= 0.6 is 0 Å². The Morgan fingerprint density at radius 3 is 1.49 bits per heavy atom. The van der Waals surface area contributed by atoms with Gasteiger partial charge in [-0.2, -0.15) is 0 Å². The number of hydrogen-bond acceptors (Lipinski definition) is 2. The minimum absolute atomic E-state index is 0.691. The standard InChI is InChI=1S/C54H34N4O/c1-2-13-36(14-3-1)56-47-21-10-6-17-40(47)42-31-34(24-27-49(42)56)35-25-28-50-43(32-35)41-18-7-11-22-48(41)58(50)51-23-12-30-55-53-44-33-37(26-29-52(44)59-54(51)53)57-45-19-8-4-15-38(45)39-16-5-9-20-46(39)57/h1-11,13-33H,12H2. The molecule has 0 fully saturated rings. The molecule has 1 aliphatic heterocycles. The molecule has 13 rings (SSSR count). The van der Waals surface area contributed by atoms with E-state index in [4.69, 9.17) is 9.41 Å². The fourth-order valence-electron chi connectivity index (χ4n) is 9.73. The molecule has 1 aliphatic rings. The van der Waals surface area contributed by atoms with Crippen molar-refractivity contribution in [2.75, 3.05) is 0 Å². The molecule has 59 heavy (non-hydrogen) atoms. The summed E-state index contributed by atoms with van der Waals surface area (Å²) < 4.78 is 13.9. The van der Waals surface area contributed by atoms with Crippen molar-refractivity contribution in [3.63, 3.8) is 0 Å². The van der Waals surface area contributed by atoms with Gasteiger partial charge in [0, 0.05) is 61.7 Å². The molecule has 5 heterocycles. The van der Waals surface area contributed by atoms with Crippen molar-refractivity contribution in [2.45, 2.75) is 6.42 Å². The summed E-state index contributed by atoms with van der Waals surface area (Å²) in [5.74, 6) is 0.778. The minimum atomic E-state index is 0.691. The topological polar surface area (TPSA) is 40.3 Å². The average molecular weight is 755 g/mol. The van der Waals surface area contributed by atoms with Crippen LogP contribution in [0.2, 0.25) is 0 Å². The van der Waals surface area contributed by atoms with E-state index >= 15 is 0 Å². The summed E-state index contributed by atoms with van der Waals surface area (Å²) in [5.41, 5.74) is 14.3. The van der Waals surface area contributed by atoms with E-state index in [1.54, 1.807) is 0 Å². The summed E-state index contributed by atoms with van der Waals surface area (Å²) >= 11 is 0. The minimum Gasteiger partial charge on any atom is -0.452 e. The van der Waals surface area contributed by atoms with Gasteiger partial charge in [0.2, 0.25) is 0 Å². The van der Waals surface area contributed by atoms with Gasteiger partial charge in [-0.1, -0.05) is 109 Å². The summed E-state index contributed by atoms with van der Waals surface area (Å²) in [6, 6.07) is 65.6. The molecule has 0 atom stereocenters. The van der Waals surface area contributed by atoms with Gasteiger partial charge in [-0.3, -0.25) is 4.99 Å². The van der Waals surface area contributed by atoms with Crippen molar-refractivity contribution in [3.8, 4) is 22.5 Å². The van der Waals surface area contributed by atoms with Crippen LogP contribution in [0.1, 0.15) is 12.2 Å². The lowest BCUT2D eigenvalue weighted by Crippen LogP contribution is -1.98. The fourth-order valence-corrected chi connectivity index (χ4v) is 9.73. The Balaban J connectivity index is 0.968. The van der Waals surface area contributed by atoms with Crippen LogP contribution in [0.3, 0.4) is 0 Å². The van der Waals surface area contributed by atoms with E-state index in [1.807, 2.05) is 6.21 Å². The predicted octanol–water partition coefficient (Wildman–Crippen LogP) is 14.4. The number of furan rings is 1. The Morgan fingerprint density at radius 2 is 0.881 bits per heavy atom. The summed E-state index contributed by atoms with van der Waals surface area (Å²) in [4.78, 5) is 5.07. The van der Waals surface area contributed by atoms with Gasteiger partial charge in [-0.05, 0) is 90.0 Å². The highest BCUT2D eigenvalue weighted by molar-refractivity contribution is 6.15. The van der Waals surface area contributed by atoms with E-state index in [9.17, 15) is 0 Å². The molecule has 276 valence electrons. The van der Waals surface area contributed by atoms with Crippen molar-refractivity contribution in [1.82, 2.24) is 13.7 Å². The van der Waals surface area contributed by atoms with E-state index in [0.29, 0.717) is 6.42 Å². The maximum Gasteiger partial charge on any atom is 0.177 e. The van der Waals surface area contributed by atoms with Crippen molar-refractivity contribution >= 4 is 94.0 Å². The van der Waals surface area contributed by atoms with Crippen LogP contribution in [0.25, 0.3) is 105 Å². The first-order valence-corrected chi connectivity index (χ1v) is 20.2. The monoisotopic (exact) mass is 754 g/mol. The third-order valence-electron chi connectivity index (χ3n) is 12.3. The van der Waals surface area contributed by atoms with Crippen molar-refractivity contribution in [3.05, 3.63) is 194 Å². The summed E-state index contributed by atoms with van der Waals surface area (Å²) in [6.07, 6.45) is 4.95. The smallest absolute Gasteiger partial charge is 0.177 e. The van der Waals surface area contributed by atoms with E-state index in [2.05, 4.69) is 202 Å². The molecule has 0 amide bonds. The van der Waals surface area contributed by atoms with E-state index in [0.717, 1.165) is 50.5 Å². The Bertz CT molecular complexity index is 3700. The van der Waals surface area contributed by atoms with Crippen LogP contribution < -0.4 is 0 Å². The Morgan fingerprint density at radius 1 is 0.390 bits per heavy atom. The molecule has 5 heteroatoms. The first-order valence-electron chi connectivity index (χ1n) is 20.2. The molecule has 4 aromatic heterocycles. The molecule has 8 aromatic carbocycles. The van der Waals surface area contributed by atoms with E-state index in [-0.39, 0.29) is 0 Å². The van der Waals surface area contributed by atoms with Gasteiger partial charge >= 0.3 is 0 Å². The van der Waals surface area contributed by atoms with Gasteiger partial charge in [-0.25, -0.2) is 0 Å². The number of hydrogen-bond donors (Lipinski definition) is 0. The summed E-state index contributed by atoms with van der Waals surface area (Å²) in [5, 5.41) is 8.36. The number of aliphatic imine (C=N–C) groups is 1. The lowest BCUT2D eigenvalue weighted by molar-refractivity contribution is 0.596. The number of aromatic nitrogens is 3. The zero-order chi connectivity index (χ0) is 38.6. The average Bonchev–Trinajstić information content (AvgIpc) is 3.99. The zero-order valence-corrected chi connectivity index (χ0v) is 31.9. The SMILES string of the molecule is C1=Nc2c(oc3ccc(-n4c5ccccc5c5ccccc54)cc23)C(n2c3ccccc3c3cc(-c4ccc5c(c4)c4ccccc4n5-c4ccccc4)ccc32)=CC1. The van der Waals surface area contributed by atoms with Gasteiger partial charge in [0.15, 0.2) is 5.76 Å². The van der Waals surface area contributed by atoms with Crippen LogP contribution in [-0.2, 0) is 0 Å². The first kappa shape index (κ1) is 32.2. The second-order valence-corrected chi connectivity index (χ2v) is 15.5. The van der Waals surface area contributed by atoms with Crippen molar-refractivity contribution in [2.24, 2.45) is 4.99 Å². The summed E-state index contributed by atoms with van der Waals surface area (Å²) in [7, 11) is 0. The molecule has 0 spiro atoms. The van der Waals surface area contributed by atoms with Gasteiger partial charge in [0.25, 0.3) is 0 Å². The second kappa shape index (κ2) is 12.3.